The quantitative estimate of drug-likeness (QED) is 0.700. The fraction of sp³-hybridized carbons (Fsp3) is 0.300. The van der Waals surface area contributed by atoms with Crippen LogP contribution in [0, 0.1) is 5.92 Å². The number of nitrogens with zero attached hydrogens (tertiary/aromatic N) is 1. The summed E-state index contributed by atoms with van der Waals surface area (Å²) in [6.45, 7) is 0.851. The van der Waals surface area contributed by atoms with Crippen LogP contribution < -0.4 is 11.0 Å². The molecular weight excluding hydrogens is 350 g/mol. The minimum Gasteiger partial charge on any atom is -0.354 e. The number of hydrogen-bond acceptors (Lipinski definition) is 2. The van der Waals surface area contributed by atoms with Crippen LogP contribution in [0.15, 0.2) is 53.3 Å². The highest BCUT2D eigenvalue weighted by atomic mass is 35.5. The van der Waals surface area contributed by atoms with E-state index in [1.165, 1.54) is 0 Å². The lowest BCUT2D eigenvalue weighted by molar-refractivity contribution is -0.123. The molecule has 1 atom stereocenters. The SMILES string of the molecule is O=C(NCCn1c(=O)[nH]c2ccccc21)C(c1ccc(Cl)cc1)C1CC1. The number of amides is 1. The van der Waals surface area contributed by atoms with Crippen LogP contribution in [0.1, 0.15) is 24.3 Å². The van der Waals surface area contributed by atoms with E-state index in [-0.39, 0.29) is 17.5 Å². The van der Waals surface area contributed by atoms with E-state index in [9.17, 15) is 9.59 Å². The van der Waals surface area contributed by atoms with Gasteiger partial charge in [-0.15, -0.1) is 0 Å². The summed E-state index contributed by atoms with van der Waals surface area (Å²) in [4.78, 5) is 27.7. The maximum Gasteiger partial charge on any atom is 0.326 e. The molecule has 1 amide bonds. The molecule has 6 heteroatoms. The van der Waals surface area contributed by atoms with Crippen molar-refractivity contribution < 1.29 is 4.79 Å². The molecule has 2 N–H and O–H groups in total. The Morgan fingerprint density at radius 3 is 2.65 bits per heavy atom. The molecule has 1 aliphatic carbocycles. The molecule has 0 spiro atoms. The number of H-pyrrole nitrogens is 1. The molecule has 1 heterocycles. The van der Waals surface area contributed by atoms with E-state index in [0.717, 1.165) is 29.4 Å². The summed E-state index contributed by atoms with van der Waals surface area (Å²) < 4.78 is 1.66. The van der Waals surface area contributed by atoms with Gasteiger partial charge in [-0.1, -0.05) is 35.9 Å². The fourth-order valence-corrected chi connectivity index (χ4v) is 3.59. The summed E-state index contributed by atoms with van der Waals surface area (Å²) in [6, 6.07) is 15.1. The number of aromatic nitrogens is 2. The lowest BCUT2D eigenvalue weighted by Crippen LogP contribution is -2.34. The van der Waals surface area contributed by atoms with Gasteiger partial charge in [0, 0.05) is 18.1 Å². The van der Waals surface area contributed by atoms with Crippen molar-refractivity contribution in [1.82, 2.24) is 14.9 Å². The molecule has 0 bridgehead atoms. The van der Waals surface area contributed by atoms with Crippen LogP contribution in [0.2, 0.25) is 5.02 Å². The van der Waals surface area contributed by atoms with Crippen molar-refractivity contribution in [3.8, 4) is 0 Å². The van der Waals surface area contributed by atoms with Gasteiger partial charge in [0.05, 0.1) is 17.0 Å². The Hall–Kier alpha value is -2.53. The second kappa shape index (κ2) is 7.00. The number of carbonyl (C=O) groups excluding carboxylic acids is 1. The fourth-order valence-electron chi connectivity index (χ4n) is 3.47. The van der Waals surface area contributed by atoms with Crippen molar-refractivity contribution in [2.24, 2.45) is 5.92 Å². The Balaban J connectivity index is 1.45. The zero-order valence-corrected chi connectivity index (χ0v) is 15.0. The highest BCUT2D eigenvalue weighted by molar-refractivity contribution is 6.30. The maximum atomic E-state index is 12.7. The number of aromatic amines is 1. The summed E-state index contributed by atoms with van der Waals surface area (Å²) in [5.41, 5.74) is 2.50. The van der Waals surface area contributed by atoms with Crippen molar-refractivity contribution in [2.75, 3.05) is 6.54 Å². The van der Waals surface area contributed by atoms with E-state index in [1.54, 1.807) is 4.57 Å². The van der Waals surface area contributed by atoms with Gasteiger partial charge in [0.1, 0.15) is 0 Å². The minimum absolute atomic E-state index is 0.0164. The van der Waals surface area contributed by atoms with Crippen LogP contribution in [0.4, 0.5) is 0 Å². The van der Waals surface area contributed by atoms with Gasteiger partial charge < -0.3 is 10.3 Å². The topological polar surface area (TPSA) is 66.9 Å². The van der Waals surface area contributed by atoms with E-state index in [2.05, 4.69) is 10.3 Å². The first kappa shape index (κ1) is 16.9. The normalized spacial score (nSPS) is 15.1. The van der Waals surface area contributed by atoms with Gasteiger partial charge >= 0.3 is 5.69 Å². The molecule has 1 saturated carbocycles. The summed E-state index contributed by atoms with van der Waals surface area (Å²) in [7, 11) is 0. The Labute approximate surface area is 156 Å². The molecular formula is C20H20ClN3O2. The second-order valence-electron chi connectivity index (χ2n) is 6.76. The van der Waals surface area contributed by atoms with Gasteiger partial charge in [0.15, 0.2) is 0 Å². The van der Waals surface area contributed by atoms with Crippen LogP contribution >= 0.6 is 11.6 Å². The van der Waals surface area contributed by atoms with Gasteiger partial charge in [-0.3, -0.25) is 9.36 Å². The number of carbonyl (C=O) groups is 1. The summed E-state index contributed by atoms with van der Waals surface area (Å²) in [6.07, 6.45) is 2.14. The Bertz CT molecular complexity index is 986. The van der Waals surface area contributed by atoms with Crippen LogP contribution in [-0.4, -0.2) is 22.0 Å². The average molecular weight is 370 g/mol. The molecule has 0 radical (unpaired) electrons. The first-order valence-electron chi connectivity index (χ1n) is 8.84. The first-order chi connectivity index (χ1) is 12.6. The van der Waals surface area contributed by atoms with Crippen molar-refractivity contribution in [2.45, 2.75) is 25.3 Å². The molecule has 1 unspecified atom stereocenters. The molecule has 1 fully saturated rings. The van der Waals surface area contributed by atoms with Gasteiger partial charge in [-0.25, -0.2) is 4.79 Å². The molecule has 134 valence electrons. The molecule has 0 saturated heterocycles. The number of para-hydroxylation sites is 2. The minimum atomic E-state index is -0.156. The molecule has 2 aromatic carbocycles. The monoisotopic (exact) mass is 369 g/mol. The molecule has 5 nitrogen and oxygen atoms in total. The first-order valence-corrected chi connectivity index (χ1v) is 9.22. The predicted octanol–water partition coefficient (Wildman–Crippen LogP) is 3.29. The van der Waals surface area contributed by atoms with E-state index in [4.69, 9.17) is 11.6 Å². The second-order valence-corrected chi connectivity index (χ2v) is 7.19. The van der Waals surface area contributed by atoms with Crippen LogP contribution in [-0.2, 0) is 11.3 Å². The van der Waals surface area contributed by atoms with E-state index >= 15 is 0 Å². The third-order valence-corrected chi connectivity index (χ3v) is 5.17. The third kappa shape index (κ3) is 3.40. The summed E-state index contributed by atoms with van der Waals surface area (Å²) >= 11 is 5.96. The van der Waals surface area contributed by atoms with Gasteiger partial charge in [0.25, 0.3) is 0 Å². The molecule has 3 aromatic rings. The van der Waals surface area contributed by atoms with Gasteiger partial charge in [0.2, 0.25) is 5.91 Å². The number of benzene rings is 2. The highest BCUT2D eigenvalue weighted by Crippen LogP contribution is 2.42. The highest BCUT2D eigenvalue weighted by Gasteiger charge is 2.37. The number of hydrogen-bond donors (Lipinski definition) is 2. The Morgan fingerprint density at radius 1 is 1.19 bits per heavy atom. The standard InChI is InChI=1S/C20H20ClN3O2/c21-15-9-7-14(8-10-15)18(13-5-6-13)19(25)22-11-12-24-17-4-2-1-3-16(17)23-20(24)26/h1-4,7-10,13,18H,5-6,11-12H2,(H,22,25)(H,23,26). The average Bonchev–Trinajstić information content (AvgIpc) is 3.41. The van der Waals surface area contributed by atoms with Gasteiger partial charge in [-0.2, -0.15) is 0 Å². The molecule has 26 heavy (non-hydrogen) atoms. The lowest BCUT2D eigenvalue weighted by atomic mass is 9.93. The van der Waals surface area contributed by atoms with Crippen LogP contribution in [0.5, 0.6) is 0 Å². The largest absolute Gasteiger partial charge is 0.354 e. The van der Waals surface area contributed by atoms with E-state index in [0.29, 0.717) is 24.0 Å². The van der Waals surface area contributed by atoms with Gasteiger partial charge in [-0.05, 0) is 48.6 Å². The Kier molecular flexibility index (Phi) is 4.55. The van der Waals surface area contributed by atoms with Crippen molar-refractivity contribution >= 4 is 28.5 Å². The predicted molar refractivity (Wildman–Crippen MR) is 102 cm³/mol. The van der Waals surface area contributed by atoms with Crippen LogP contribution in [0.3, 0.4) is 0 Å². The summed E-state index contributed by atoms with van der Waals surface area (Å²) in [5.74, 6) is 0.265. The number of nitrogens with one attached hydrogen (secondary N) is 2. The molecule has 1 aliphatic rings. The lowest BCUT2D eigenvalue weighted by Gasteiger charge is -2.17. The van der Waals surface area contributed by atoms with E-state index < -0.39 is 0 Å². The van der Waals surface area contributed by atoms with E-state index in [1.807, 2.05) is 48.5 Å². The number of imidazole rings is 1. The Morgan fingerprint density at radius 2 is 1.92 bits per heavy atom. The smallest absolute Gasteiger partial charge is 0.326 e. The zero-order valence-electron chi connectivity index (χ0n) is 14.2. The van der Waals surface area contributed by atoms with Crippen LogP contribution in [0.25, 0.3) is 11.0 Å². The maximum absolute atomic E-state index is 12.7. The zero-order chi connectivity index (χ0) is 18.1. The summed E-state index contributed by atoms with van der Waals surface area (Å²) in [5, 5.41) is 3.67. The van der Waals surface area contributed by atoms with Crippen molar-refractivity contribution in [1.29, 1.82) is 0 Å². The number of rotatable bonds is 6. The number of halogens is 1. The molecule has 1 aromatic heterocycles. The molecule has 0 aliphatic heterocycles. The van der Waals surface area contributed by atoms with Crippen molar-refractivity contribution in [3.63, 3.8) is 0 Å². The number of fused-ring (bicyclic) bond motifs is 1. The third-order valence-electron chi connectivity index (χ3n) is 4.92. The molecule has 4 rings (SSSR count). The van der Waals surface area contributed by atoms with Crippen molar-refractivity contribution in [3.05, 3.63) is 69.6 Å².